The molecule has 0 unspecified atom stereocenters. The second kappa shape index (κ2) is 12.2. The Labute approximate surface area is 219 Å². The molecule has 202 valence electrons. The molecule has 0 aliphatic carbocycles. The van der Waals surface area contributed by atoms with E-state index in [9.17, 15) is 9.59 Å². The molecular weight excluding hydrogens is 472 g/mol. The van der Waals surface area contributed by atoms with Crippen LogP contribution >= 0.6 is 0 Å². The summed E-state index contributed by atoms with van der Waals surface area (Å²) in [5.41, 5.74) is 13.8. The Morgan fingerprint density at radius 1 is 1.35 bits per heavy atom. The number of rotatable bonds is 9. The zero-order chi connectivity index (χ0) is 27.2. The molecule has 3 heterocycles. The Hall–Kier alpha value is -3.44. The first-order chi connectivity index (χ1) is 17.5. The van der Waals surface area contributed by atoms with Crippen molar-refractivity contribution in [2.24, 2.45) is 28.3 Å². The van der Waals surface area contributed by atoms with Crippen molar-refractivity contribution < 1.29 is 19.3 Å². The Balaban J connectivity index is 1.67. The summed E-state index contributed by atoms with van der Waals surface area (Å²) in [7, 11) is 4.11. The number of ether oxygens (including phenoxy) is 1. The minimum atomic E-state index is -0.724. The molecule has 1 aromatic heterocycles. The molecule has 3 rings (SSSR count). The second-order valence-electron chi connectivity index (χ2n) is 10.3. The molecule has 0 bridgehead atoms. The van der Waals surface area contributed by atoms with Crippen molar-refractivity contribution in [2.45, 2.75) is 32.2 Å². The molecule has 7 N–H and O–H groups in total. The third kappa shape index (κ3) is 7.07. The number of H-pyrrole nitrogens is 1. The summed E-state index contributed by atoms with van der Waals surface area (Å²) in [6, 6.07) is 3.21. The molecule has 2 aliphatic rings. The quantitative estimate of drug-likeness (QED) is 0.221. The SMILES string of the molecule is C=CC(=O)Nc1ccc(N=C(N)C2=C(N)C(C)(C)N(C(=O)NC[C@H](CN(C)C)C3CCOCC3)C2)[nH+]c1. The predicted molar refractivity (Wildman–Crippen MR) is 144 cm³/mol. The highest BCUT2D eigenvalue weighted by atomic mass is 16.5. The fourth-order valence-corrected chi connectivity index (χ4v) is 4.81. The summed E-state index contributed by atoms with van der Waals surface area (Å²) in [5, 5.41) is 5.81. The van der Waals surface area contributed by atoms with E-state index in [1.54, 1.807) is 23.2 Å². The van der Waals surface area contributed by atoms with Crippen molar-refractivity contribution in [3.05, 3.63) is 42.3 Å². The number of nitrogens with two attached hydrogens (primary N) is 2. The molecule has 2 aliphatic heterocycles. The van der Waals surface area contributed by atoms with E-state index in [1.807, 2.05) is 13.8 Å². The van der Waals surface area contributed by atoms with Gasteiger partial charge < -0.3 is 36.6 Å². The number of amides is 3. The van der Waals surface area contributed by atoms with E-state index in [1.165, 1.54) is 6.08 Å². The van der Waals surface area contributed by atoms with E-state index in [2.05, 4.69) is 46.2 Å². The predicted octanol–water partition coefficient (Wildman–Crippen LogP) is 1.23. The first-order valence-electron chi connectivity index (χ1n) is 12.6. The summed E-state index contributed by atoms with van der Waals surface area (Å²) < 4.78 is 5.53. The van der Waals surface area contributed by atoms with Gasteiger partial charge in [-0.1, -0.05) is 6.58 Å². The fourth-order valence-electron chi connectivity index (χ4n) is 4.81. The number of carbonyl (C=O) groups is 2. The third-order valence-electron chi connectivity index (χ3n) is 7.07. The van der Waals surface area contributed by atoms with Crippen LogP contribution in [0.3, 0.4) is 0 Å². The summed E-state index contributed by atoms with van der Waals surface area (Å²) >= 11 is 0. The van der Waals surface area contributed by atoms with Crippen LogP contribution in [0, 0.1) is 11.8 Å². The van der Waals surface area contributed by atoms with Crippen molar-refractivity contribution in [2.75, 3.05) is 52.3 Å². The first-order valence-corrected chi connectivity index (χ1v) is 12.6. The van der Waals surface area contributed by atoms with Crippen LogP contribution in [0.25, 0.3) is 0 Å². The lowest BCUT2D eigenvalue weighted by molar-refractivity contribution is -0.361. The van der Waals surface area contributed by atoms with Crippen molar-refractivity contribution >= 4 is 29.3 Å². The molecule has 11 heteroatoms. The number of amidine groups is 1. The average molecular weight is 514 g/mol. The van der Waals surface area contributed by atoms with Gasteiger partial charge in [0.05, 0.1) is 23.3 Å². The van der Waals surface area contributed by atoms with Crippen LogP contribution in [0.1, 0.15) is 26.7 Å². The summed E-state index contributed by atoms with van der Waals surface area (Å²) in [6.07, 6.45) is 4.81. The number of hydrogen-bond donors (Lipinski definition) is 4. The van der Waals surface area contributed by atoms with E-state index in [0.29, 0.717) is 41.2 Å². The average Bonchev–Trinajstić information content (AvgIpc) is 3.11. The van der Waals surface area contributed by atoms with Crippen molar-refractivity contribution in [3.63, 3.8) is 0 Å². The standard InChI is InChI=1S/C26H40N8O3/c1-6-22(35)31-19-7-8-21(29-14-19)32-24(28)20-16-34(26(2,3)23(20)27)25(36)30-13-18(15-33(4)5)17-9-11-37-12-10-17/h6-8,14,17-18H,1,9-13,15-16,27H2,2-5H3,(H,30,36)(H,31,35)(H2,28,29,32)/p+1/t18-/m1/s1. The van der Waals surface area contributed by atoms with Crippen LogP contribution in [0.4, 0.5) is 16.3 Å². The normalized spacial score (nSPS) is 19.2. The monoisotopic (exact) mass is 513 g/mol. The Morgan fingerprint density at radius 3 is 2.65 bits per heavy atom. The summed E-state index contributed by atoms with van der Waals surface area (Å²) in [6.45, 7) is 10.5. The number of anilines is 1. The minimum absolute atomic E-state index is 0.180. The Morgan fingerprint density at radius 2 is 2.05 bits per heavy atom. The minimum Gasteiger partial charge on any atom is -0.400 e. The van der Waals surface area contributed by atoms with Crippen molar-refractivity contribution in [1.29, 1.82) is 0 Å². The molecule has 1 saturated heterocycles. The van der Waals surface area contributed by atoms with Crippen LogP contribution in [0.2, 0.25) is 0 Å². The summed E-state index contributed by atoms with van der Waals surface area (Å²) in [4.78, 5) is 36.1. The second-order valence-corrected chi connectivity index (χ2v) is 10.3. The van der Waals surface area contributed by atoms with Gasteiger partial charge in [0.15, 0.2) is 0 Å². The number of nitrogens with zero attached hydrogens (tertiary/aromatic N) is 3. The smallest absolute Gasteiger partial charge is 0.323 e. The topological polar surface area (TPSA) is 152 Å². The lowest BCUT2D eigenvalue weighted by Gasteiger charge is -2.35. The molecule has 0 radical (unpaired) electrons. The van der Waals surface area contributed by atoms with Gasteiger partial charge in [-0.3, -0.25) is 4.79 Å². The number of hydrogen-bond acceptors (Lipinski definition) is 6. The highest BCUT2D eigenvalue weighted by Gasteiger charge is 2.43. The van der Waals surface area contributed by atoms with Crippen LogP contribution in [-0.2, 0) is 9.53 Å². The van der Waals surface area contributed by atoms with Crippen molar-refractivity contribution in [1.82, 2.24) is 15.1 Å². The fraction of sp³-hybridized carbons (Fsp3) is 0.538. The van der Waals surface area contributed by atoms with Gasteiger partial charge in [-0.15, -0.1) is 0 Å². The van der Waals surface area contributed by atoms with E-state index in [0.717, 1.165) is 32.6 Å². The van der Waals surface area contributed by atoms with E-state index in [4.69, 9.17) is 16.2 Å². The molecule has 0 aromatic carbocycles. The maximum absolute atomic E-state index is 13.3. The van der Waals surface area contributed by atoms with Gasteiger partial charge in [0.2, 0.25) is 11.7 Å². The number of pyridine rings is 1. The van der Waals surface area contributed by atoms with Gasteiger partial charge >= 0.3 is 11.8 Å². The molecular formula is C26H41N8O3+. The number of carbonyl (C=O) groups excluding carboxylic acids is 2. The third-order valence-corrected chi connectivity index (χ3v) is 7.07. The number of aliphatic imine (C=N–C) groups is 1. The molecule has 3 amide bonds. The molecule has 1 atom stereocenters. The highest BCUT2D eigenvalue weighted by molar-refractivity contribution is 6.01. The van der Waals surface area contributed by atoms with E-state index in [-0.39, 0.29) is 24.3 Å². The lowest BCUT2D eigenvalue weighted by Crippen LogP contribution is -2.52. The number of nitrogens with one attached hydrogen (secondary N) is 3. The van der Waals surface area contributed by atoms with Crippen LogP contribution in [-0.4, -0.2) is 80.1 Å². The van der Waals surface area contributed by atoms with E-state index < -0.39 is 5.54 Å². The van der Waals surface area contributed by atoms with Crippen LogP contribution in [0.15, 0.2) is 47.2 Å². The zero-order valence-electron chi connectivity index (χ0n) is 22.3. The Kier molecular flexibility index (Phi) is 9.28. The largest absolute Gasteiger partial charge is 0.400 e. The Bertz CT molecular complexity index is 1040. The molecule has 0 spiro atoms. The van der Waals surface area contributed by atoms with Crippen LogP contribution < -0.4 is 27.1 Å². The molecule has 37 heavy (non-hydrogen) atoms. The van der Waals surface area contributed by atoms with Gasteiger partial charge in [0.25, 0.3) is 0 Å². The van der Waals surface area contributed by atoms with Crippen LogP contribution in [0.5, 0.6) is 0 Å². The van der Waals surface area contributed by atoms with Gasteiger partial charge in [-0.25, -0.2) is 9.78 Å². The van der Waals surface area contributed by atoms with Crippen molar-refractivity contribution in [3.8, 4) is 0 Å². The van der Waals surface area contributed by atoms with Gasteiger partial charge in [0.1, 0.15) is 6.20 Å². The van der Waals surface area contributed by atoms with Gasteiger partial charge in [0, 0.05) is 38.1 Å². The number of aromatic amines is 1. The van der Waals surface area contributed by atoms with Gasteiger partial charge in [-0.2, -0.15) is 0 Å². The zero-order valence-corrected chi connectivity index (χ0v) is 22.3. The van der Waals surface area contributed by atoms with Gasteiger partial charge in [-0.05, 0) is 69.8 Å². The number of aromatic nitrogens is 1. The summed E-state index contributed by atoms with van der Waals surface area (Å²) in [5.74, 6) is 1.25. The molecule has 0 saturated carbocycles. The lowest BCUT2D eigenvalue weighted by atomic mass is 9.85. The first kappa shape index (κ1) is 28.1. The maximum Gasteiger partial charge on any atom is 0.323 e. The molecule has 11 nitrogen and oxygen atoms in total. The molecule has 1 fully saturated rings. The maximum atomic E-state index is 13.3. The highest BCUT2D eigenvalue weighted by Crippen LogP contribution is 2.32. The molecule has 1 aromatic rings. The number of urea groups is 1. The van der Waals surface area contributed by atoms with E-state index >= 15 is 0 Å².